The zero-order valence-electron chi connectivity index (χ0n) is 17.6. The van der Waals surface area contributed by atoms with Crippen molar-refractivity contribution in [2.45, 2.75) is 13.2 Å². The van der Waals surface area contributed by atoms with Crippen LogP contribution in [0.3, 0.4) is 0 Å². The zero-order chi connectivity index (χ0) is 23.8. The van der Waals surface area contributed by atoms with Crippen LogP contribution in [0.1, 0.15) is 16.7 Å². The molecule has 0 fully saturated rings. The molecule has 1 amide bonds. The highest BCUT2D eigenvalue weighted by atomic mass is 79.9. The van der Waals surface area contributed by atoms with E-state index in [1.165, 1.54) is 6.08 Å². The molecule has 0 saturated heterocycles. The molecular weight excluding hydrogens is 527 g/mol. The van der Waals surface area contributed by atoms with Crippen molar-refractivity contribution in [2.24, 2.45) is 0 Å². The number of hydrogen-bond acceptors (Lipinski definition) is 4. The molecule has 0 aliphatic carbocycles. The Kier molecular flexibility index (Phi) is 8.79. The second-order valence-electron chi connectivity index (χ2n) is 6.93. The van der Waals surface area contributed by atoms with Crippen molar-refractivity contribution in [3.05, 3.63) is 97.4 Å². The molecule has 8 heteroatoms. The Labute approximate surface area is 210 Å². The van der Waals surface area contributed by atoms with E-state index in [1.807, 2.05) is 36.4 Å². The molecule has 5 nitrogen and oxygen atoms in total. The highest BCUT2D eigenvalue weighted by molar-refractivity contribution is 9.10. The predicted octanol–water partition coefficient (Wildman–Crippen LogP) is 6.57. The van der Waals surface area contributed by atoms with Gasteiger partial charge in [0.1, 0.15) is 29.7 Å². The zero-order valence-corrected chi connectivity index (χ0v) is 20.7. The normalized spacial score (nSPS) is 10.9. The Hall–Kier alpha value is -2.98. The summed E-state index contributed by atoms with van der Waals surface area (Å²) in [7, 11) is 1.59. The van der Waals surface area contributed by atoms with Crippen LogP contribution in [0.5, 0.6) is 11.5 Å². The van der Waals surface area contributed by atoms with E-state index in [0.717, 1.165) is 16.9 Å². The van der Waals surface area contributed by atoms with Crippen LogP contribution in [0.25, 0.3) is 6.08 Å². The van der Waals surface area contributed by atoms with Crippen molar-refractivity contribution in [1.82, 2.24) is 5.32 Å². The van der Waals surface area contributed by atoms with Gasteiger partial charge in [-0.3, -0.25) is 4.79 Å². The van der Waals surface area contributed by atoms with E-state index in [9.17, 15) is 10.1 Å². The van der Waals surface area contributed by atoms with Gasteiger partial charge in [-0.1, -0.05) is 47.5 Å². The number of nitrogens with zero attached hydrogens (tertiary/aromatic N) is 1. The lowest BCUT2D eigenvalue weighted by Gasteiger charge is -2.10. The number of rotatable bonds is 8. The Balaban J connectivity index is 1.63. The number of carbonyl (C=O) groups is 1. The summed E-state index contributed by atoms with van der Waals surface area (Å²) in [5.41, 5.74) is 2.45. The van der Waals surface area contributed by atoms with Crippen molar-refractivity contribution in [3.8, 4) is 17.6 Å². The van der Waals surface area contributed by atoms with Crippen molar-refractivity contribution in [3.63, 3.8) is 0 Å². The minimum atomic E-state index is -0.454. The number of halogens is 3. The van der Waals surface area contributed by atoms with Gasteiger partial charge in [-0.2, -0.15) is 5.26 Å². The number of hydrogen-bond donors (Lipinski definition) is 1. The fraction of sp³-hybridized carbons (Fsp3) is 0.120. The van der Waals surface area contributed by atoms with E-state index in [1.54, 1.807) is 37.4 Å². The molecular formula is C25H19BrCl2N2O3. The predicted molar refractivity (Wildman–Crippen MR) is 133 cm³/mol. The molecule has 1 N–H and O–H groups in total. The maximum absolute atomic E-state index is 12.5. The fourth-order valence-electron chi connectivity index (χ4n) is 2.85. The molecule has 0 bridgehead atoms. The van der Waals surface area contributed by atoms with Crippen LogP contribution in [-0.2, 0) is 17.9 Å². The van der Waals surface area contributed by atoms with Crippen LogP contribution in [0.4, 0.5) is 0 Å². The molecule has 0 unspecified atom stereocenters. The van der Waals surface area contributed by atoms with E-state index in [0.29, 0.717) is 39.0 Å². The summed E-state index contributed by atoms with van der Waals surface area (Å²) >= 11 is 15.4. The van der Waals surface area contributed by atoms with Crippen LogP contribution in [0.2, 0.25) is 10.0 Å². The Bertz CT molecular complexity index is 1220. The van der Waals surface area contributed by atoms with Crippen LogP contribution in [0, 0.1) is 11.3 Å². The van der Waals surface area contributed by atoms with E-state index < -0.39 is 5.91 Å². The molecule has 0 aliphatic heterocycles. The molecule has 0 spiro atoms. The van der Waals surface area contributed by atoms with Crippen LogP contribution in [-0.4, -0.2) is 13.0 Å². The van der Waals surface area contributed by atoms with Crippen molar-refractivity contribution < 1.29 is 14.3 Å². The monoisotopic (exact) mass is 544 g/mol. The average molecular weight is 546 g/mol. The summed E-state index contributed by atoms with van der Waals surface area (Å²) in [5, 5.41) is 13.2. The third-order valence-electron chi connectivity index (χ3n) is 4.62. The number of nitriles is 1. The second-order valence-corrected chi connectivity index (χ2v) is 8.60. The molecule has 33 heavy (non-hydrogen) atoms. The Morgan fingerprint density at radius 1 is 1.06 bits per heavy atom. The Morgan fingerprint density at radius 3 is 2.42 bits per heavy atom. The lowest BCUT2D eigenvalue weighted by molar-refractivity contribution is -0.117. The maximum atomic E-state index is 12.5. The third kappa shape index (κ3) is 7.00. The fourth-order valence-corrected chi connectivity index (χ4v) is 3.68. The SMILES string of the molecule is COc1ccc(CNC(=O)/C(C#N)=C\c2ccc(OCc3ccc(Cl)c(Cl)c3)c(Br)c2)cc1. The Morgan fingerprint density at radius 2 is 1.79 bits per heavy atom. The van der Waals surface area contributed by atoms with E-state index in [2.05, 4.69) is 21.2 Å². The number of methoxy groups -OCH3 is 1. The number of ether oxygens (including phenoxy) is 2. The first-order chi connectivity index (χ1) is 15.9. The van der Waals surface area contributed by atoms with E-state index in [4.69, 9.17) is 32.7 Å². The van der Waals surface area contributed by atoms with Gasteiger partial charge in [-0.25, -0.2) is 0 Å². The second kappa shape index (κ2) is 11.8. The summed E-state index contributed by atoms with van der Waals surface area (Å²) in [6.07, 6.45) is 1.52. The summed E-state index contributed by atoms with van der Waals surface area (Å²) in [5.74, 6) is 0.891. The molecule has 0 atom stereocenters. The highest BCUT2D eigenvalue weighted by Crippen LogP contribution is 2.29. The maximum Gasteiger partial charge on any atom is 0.262 e. The van der Waals surface area contributed by atoms with Crippen LogP contribution >= 0.6 is 39.1 Å². The molecule has 0 radical (unpaired) electrons. The summed E-state index contributed by atoms with van der Waals surface area (Å²) in [6, 6.07) is 19.9. The minimum absolute atomic E-state index is 0.000105. The van der Waals surface area contributed by atoms with Gasteiger partial charge in [0.2, 0.25) is 0 Å². The van der Waals surface area contributed by atoms with Crippen molar-refractivity contribution in [2.75, 3.05) is 7.11 Å². The van der Waals surface area contributed by atoms with Gasteiger partial charge in [0.25, 0.3) is 5.91 Å². The summed E-state index contributed by atoms with van der Waals surface area (Å²) in [4.78, 5) is 12.5. The first kappa shape index (κ1) is 24.7. The van der Waals surface area contributed by atoms with Crippen LogP contribution in [0.15, 0.2) is 70.7 Å². The highest BCUT2D eigenvalue weighted by Gasteiger charge is 2.10. The van der Waals surface area contributed by atoms with E-state index >= 15 is 0 Å². The number of nitrogens with one attached hydrogen (secondary N) is 1. The van der Waals surface area contributed by atoms with Gasteiger partial charge >= 0.3 is 0 Å². The lowest BCUT2D eigenvalue weighted by Crippen LogP contribution is -2.23. The molecule has 3 aromatic carbocycles. The first-order valence-electron chi connectivity index (χ1n) is 9.79. The van der Waals surface area contributed by atoms with Gasteiger partial charge in [-0.15, -0.1) is 0 Å². The van der Waals surface area contributed by atoms with Gasteiger partial charge in [0.15, 0.2) is 0 Å². The first-order valence-corrected chi connectivity index (χ1v) is 11.3. The smallest absolute Gasteiger partial charge is 0.262 e. The largest absolute Gasteiger partial charge is 0.497 e. The lowest BCUT2D eigenvalue weighted by atomic mass is 10.1. The minimum Gasteiger partial charge on any atom is -0.497 e. The molecule has 0 saturated carbocycles. The van der Waals surface area contributed by atoms with Gasteiger partial charge < -0.3 is 14.8 Å². The molecule has 3 aromatic rings. The molecule has 168 valence electrons. The molecule has 0 heterocycles. The molecule has 3 rings (SSSR count). The molecule has 0 aromatic heterocycles. The van der Waals surface area contributed by atoms with Gasteiger partial charge in [0.05, 0.1) is 21.6 Å². The van der Waals surface area contributed by atoms with E-state index in [-0.39, 0.29) is 5.57 Å². The summed E-state index contributed by atoms with van der Waals surface area (Å²) < 4.78 is 11.6. The molecule has 0 aliphatic rings. The summed E-state index contributed by atoms with van der Waals surface area (Å²) in [6.45, 7) is 0.606. The topological polar surface area (TPSA) is 71.3 Å². The number of benzene rings is 3. The van der Waals surface area contributed by atoms with Crippen LogP contribution < -0.4 is 14.8 Å². The third-order valence-corrected chi connectivity index (χ3v) is 5.98. The van der Waals surface area contributed by atoms with Crippen molar-refractivity contribution in [1.29, 1.82) is 5.26 Å². The van der Waals surface area contributed by atoms with Crippen molar-refractivity contribution >= 4 is 51.1 Å². The quantitative estimate of drug-likeness (QED) is 0.257. The standard InChI is InChI=1S/C25H19BrCl2N2O3/c1-32-20-6-2-16(3-7-20)14-30-25(31)19(13-29)10-17-5-9-24(21(26)11-17)33-15-18-4-8-22(27)23(28)12-18/h2-12H,14-15H2,1H3,(H,30,31)/b19-10-. The average Bonchev–Trinajstić information content (AvgIpc) is 2.82. The van der Waals surface area contributed by atoms with Gasteiger partial charge in [-0.05, 0) is 75.1 Å². The number of amides is 1. The van der Waals surface area contributed by atoms with Gasteiger partial charge in [0, 0.05) is 6.54 Å². The number of carbonyl (C=O) groups excluding carboxylic acids is 1.